The van der Waals surface area contributed by atoms with E-state index in [1.54, 1.807) is 20.9 Å². The predicted molar refractivity (Wildman–Crippen MR) is 190 cm³/mol. The molecule has 2 aliphatic heterocycles. The molecule has 0 aromatic carbocycles. The molecule has 11 atom stereocenters. The normalized spacial score (nSPS) is 28.9. The maximum atomic E-state index is 12.9. The zero-order valence-corrected chi connectivity index (χ0v) is 33.4. The van der Waals surface area contributed by atoms with E-state index in [0.717, 1.165) is 0 Å². The third-order valence-electron chi connectivity index (χ3n) is 8.43. The summed E-state index contributed by atoms with van der Waals surface area (Å²) in [5.41, 5.74) is 4.81. The predicted octanol–water partition coefficient (Wildman–Crippen LogP) is -1.62. The minimum atomic E-state index is -5.44. The summed E-state index contributed by atoms with van der Waals surface area (Å²) in [6.45, 7) is -2.00. The Kier molecular flexibility index (Phi) is 12.2. The molecule has 0 spiro atoms. The number of imidazole rings is 2. The van der Waals surface area contributed by atoms with Crippen LogP contribution in [0.15, 0.2) is 22.2 Å². The topological polar surface area (TPSA) is 353 Å². The lowest BCUT2D eigenvalue weighted by Gasteiger charge is -2.24. The first-order valence-electron chi connectivity index (χ1n) is 16.3. The van der Waals surface area contributed by atoms with Gasteiger partial charge in [0.1, 0.15) is 42.4 Å². The maximum absolute atomic E-state index is 12.9. The van der Waals surface area contributed by atoms with E-state index in [9.17, 15) is 43.6 Å². The molecule has 30 heteroatoms. The van der Waals surface area contributed by atoms with E-state index in [1.165, 1.54) is 40.4 Å². The first kappa shape index (κ1) is 42.7. The number of nitrogens with two attached hydrogens (primary N) is 1. The van der Waals surface area contributed by atoms with E-state index in [2.05, 4.69) is 33.5 Å². The van der Waals surface area contributed by atoms with Crippen molar-refractivity contribution in [1.29, 1.82) is 0 Å². The van der Waals surface area contributed by atoms with Gasteiger partial charge in [-0.25, -0.2) is 32.3 Å². The van der Waals surface area contributed by atoms with Gasteiger partial charge in [-0.2, -0.15) is 0 Å². The second-order valence-electron chi connectivity index (χ2n) is 12.9. The largest absolute Gasteiger partial charge is 0.479 e. The molecule has 2 saturated heterocycles. The highest BCUT2D eigenvalue weighted by Gasteiger charge is 2.51. The Morgan fingerprint density at radius 2 is 1.64 bits per heavy atom. The number of nitrogens with zero attached hydrogens (tertiary/aromatic N) is 6. The number of anilines is 1. The summed E-state index contributed by atoms with van der Waals surface area (Å²) in [6.07, 6.45) is -8.27. The molecule has 0 radical (unpaired) electrons. The van der Waals surface area contributed by atoms with Crippen molar-refractivity contribution < 1.29 is 75.2 Å². The fourth-order valence-electron chi connectivity index (χ4n) is 6.24. The van der Waals surface area contributed by atoms with Crippen molar-refractivity contribution in [2.75, 3.05) is 26.1 Å². The Balaban J connectivity index is 1.09. The molecule has 9 N–H and O–H groups in total. The molecular formula is C26H39N9O17P3S+. The summed E-state index contributed by atoms with van der Waals surface area (Å²) in [4.78, 5) is 73.4. The number of aliphatic hydroxyl groups excluding tert-OH is 2. The van der Waals surface area contributed by atoms with E-state index in [0.29, 0.717) is 0 Å². The highest BCUT2D eigenvalue weighted by Crippen LogP contribution is 2.68. The highest BCUT2D eigenvalue weighted by atomic mass is 32.5. The van der Waals surface area contributed by atoms with Crippen molar-refractivity contribution in [2.24, 2.45) is 7.05 Å². The summed E-state index contributed by atoms with van der Waals surface area (Å²) >= 11 is 4.69. The molecule has 0 bridgehead atoms. The number of nitrogen functional groups attached to an aromatic ring is 1. The van der Waals surface area contributed by atoms with Crippen LogP contribution >= 0.6 is 22.4 Å². The van der Waals surface area contributed by atoms with Gasteiger partial charge in [0, 0.05) is 7.11 Å². The number of aryl methyl sites for hydroxylation is 2. The van der Waals surface area contributed by atoms with E-state index in [4.69, 9.17) is 45.5 Å². The number of aliphatic hydroxyl groups is 2. The molecule has 6 rings (SSSR count). The standard InChI is InChI=1S/C26H38N9O17P3S/c1-10(2)48-18-13(50-24(17(18)37)34-8-28-14-20(34)29-11(3)30-22(14)38)7-47-54(42,43)52-55(44,56)51-53(40,41)46-6-12-16(36)19(45-5)25(49-12)35-9-33(4)15-21(35)31-26(27)32-23(15)39/h8-10,12-13,16-19,24-25,36-37H,6-7H2,1-5H3,(H6-,27,29,30,31,32,38,39,40,41,42,43,44,56)/p+1/t12-,13-,16?,17+,18?,19+,24-,25-,55?/m1/s1. The Hall–Kier alpha value is -2.91. The molecule has 4 aromatic rings. The molecule has 310 valence electrons. The molecule has 5 unspecified atom stereocenters. The smallest absolute Gasteiger partial charge is 0.387 e. The molecule has 56 heavy (non-hydrogen) atoms. The van der Waals surface area contributed by atoms with Crippen LogP contribution in [0, 0.1) is 6.92 Å². The molecule has 2 fully saturated rings. The third kappa shape index (κ3) is 8.89. The van der Waals surface area contributed by atoms with Crippen LogP contribution in [0.5, 0.6) is 0 Å². The number of nitrogens with one attached hydrogen (secondary N) is 2. The lowest BCUT2D eigenvalue weighted by molar-refractivity contribution is -0.746. The zero-order valence-electron chi connectivity index (χ0n) is 29.9. The number of fused-ring (bicyclic) bond motifs is 2. The van der Waals surface area contributed by atoms with E-state index < -0.39 is 102 Å². The van der Waals surface area contributed by atoms with Gasteiger partial charge in [0.2, 0.25) is 11.7 Å². The van der Waals surface area contributed by atoms with Crippen molar-refractivity contribution >= 4 is 62.4 Å². The van der Waals surface area contributed by atoms with E-state index in [1.807, 2.05) is 0 Å². The van der Waals surface area contributed by atoms with Crippen molar-refractivity contribution in [3.63, 3.8) is 0 Å². The van der Waals surface area contributed by atoms with Gasteiger partial charge in [0.15, 0.2) is 23.7 Å². The van der Waals surface area contributed by atoms with Crippen LogP contribution < -0.4 is 21.4 Å². The Bertz CT molecular complexity index is 2370. The number of rotatable bonds is 15. The summed E-state index contributed by atoms with van der Waals surface area (Å²) < 4.78 is 71.7. The van der Waals surface area contributed by atoms with E-state index >= 15 is 0 Å². The molecule has 0 aliphatic carbocycles. The van der Waals surface area contributed by atoms with Crippen LogP contribution in [0.4, 0.5) is 5.95 Å². The lowest BCUT2D eigenvalue weighted by atomic mass is 10.1. The van der Waals surface area contributed by atoms with Gasteiger partial charge >= 0.3 is 28.0 Å². The average molecular weight is 875 g/mol. The van der Waals surface area contributed by atoms with Crippen LogP contribution in [0.25, 0.3) is 22.3 Å². The molecule has 4 aromatic heterocycles. The summed E-state index contributed by atoms with van der Waals surface area (Å²) in [7, 11) is -8.07. The van der Waals surface area contributed by atoms with Crippen LogP contribution in [0.3, 0.4) is 0 Å². The first-order chi connectivity index (χ1) is 26.1. The Labute approximate surface area is 319 Å². The van der Waals surface area contributed by atoms with Crippen molar-refractivity contribution in [3.05, 3.63) is 39.2 Å². The summed E-state index contributed by atoms with van der Waals surface area (Å²) in [6, 6.07) is 0. The van der Waals surface area contributed by atoms with Gasteiger partial charge in [0.05, 0.1) is 32.7 Å². The molecule has 0 saturated carbocycles. The van der Waals surface area contributed by atoms with Gasteiger partial charge in [-0.15, -0.1) is 0 Å². The number of aromatic nitrogens is 8. The van der Waals surface area contributed by atoms with Gasteiger partial charge < -0.3 is 54.6 Å². The summed E-state index contributed by atoms with van der Waals surface area (Å²) in [5.74, 6) is 0.0473. The number of H-pyrrole nitrogens is 2. The average Bonchev–Trinajstić information content (AvgIpc) is 3.80. The second kappa shape index (κ2) is 16.0. The number of phosphoric acid groups is 2. The molecular weight excluding hydrogens is 835 g/mol. The molecule has 6 heterocycles. The maximum Gasteiger partial charge on any atom is 0.479 e. The molecule has 0 amide bonds. The minimum absolute atomic E-state index is 0.0443. The van der Waals surface area contributed by atoms with Gasteiger partial charge in [-0.05, 0) is 32.6 Å². The monoisotopic (exact) mass is 874 g/mol. The molecule has 2 aliphatic rings. The molecule has 26 nitrogen and oxygen atoms in total. The number of hydrogen-bond donors (Lipinski definition) is 8. The van der Waals surface area contributed by atoms with Crippen LogP contribution in [0.2, 0.25) is 0 Å². The zero-order chi connectivity index (χ0) is 41.1. The summed E-state index contributed by atoms with van der Waals surface area (Å²) in [5, 5.41) is 22.1. The Morgan fingerprint density at radius 3 is 2.27 bits per heavy atom. The van der Waals surface area contributed by atoms with Gasteiger partial charge in [-0.3, -0.25) is 32.8 Å². The lowest BCUT2D eigenvalue weighted by Crippen LogP contribution is -2.47. The fraction of sp³-hybridized carbons (Fsp3) is 0.615. The first-order valence-corrected chi connectivity index (χ1v) is 21.9. The Morgan fingerprint density at radius 1 is 1.00 bits per heavy atom. The van der Waals surface area contributed by atoms with Crippen molar-refractivity contribution in [2.45, 2.75) is 76.0 Å². The fourth-order valence-corrected chi connectivity index (χ4v) is 11.3. The van der Waals surface area contributed by atoms with Crippen molar-refractivity contribution in [1.82, 2.24) is 34.1 Å². The SMILES string of the molecule is CO[C@H]1C(O)[C@@H](COP(=O)(O)OP(O)(=S)OP(=O)(O)OC[C@H]2O[C@@H](n3cnc4c(=O)[nH]c(C)nc43)[C@@H](O)C2OC(C)C)O[C@H]1[n+]1cn(C)c2c(=O)[nH]c(N)nc21. The third-order valence-corrected chi connectivity index (χ3v) is 13.9. The quantitative estimate of drug-likeness (QED) is 0.0491. The number of hydrogen-bond acceptors (Lipinski definition) is 19. The second-order valence-corrected chi connectivity index (χ2v) is 18.9. The number of methoxy groups -OCH3 is 1. The number of phosphoric ester groups is 2. The highest BCUT2D eigenvalue weighted by molar-refractivity contribution is 8.09. The van der Waals surface area contributed by atoms with Crippen LogP contribution in [-0.4, -0.2) is 122 Å². The van der Waals surface area contributed by atoms with Crippen LogP contribution in [-0.2, 0) is 64.6 Å². The minimum Gasteiger partial charge on any atom is -0.387 e. The van der Waals surface area contributed by atoms with E-state index in [-0.39, 0.29) is 34.1 Å². The van der Waals surface area contributed by atoms with Gasteiger partial charge in [-0.1, -0.05) is 4.98 Å². The van der Waals surface area contributed by atoms with Crippen molar-refractivity contribution in [3.8, 4) is 0 Å². The van der Waals surface area contributed by atoms with Gasteiger partial charge in [0.25, 0.3) is 17.1 Å². The number of aromatic amines is 2. The van der Waals surface area contributed by atoms with Crippen LogP contribution in [0.1, 0.15) is 32.1 Å². The number of ether oxygens (including phenoxy) is 4.